The van der Waals surface area contributed by atoms with Crippen LogP contribution >= 0.6 is 0 Å². The van der Waals surface area contributed by atoms with Gasteiger partial charge in [-0.05, 0) is 60.8 Å². The van der Waals surface area contributed by atoms with Crippen molar-refractivity contribution in [3.8, 4) is 5.75 Å². The lowest BCUT2D eigenvalue weighted by atomic mass is 9.39. The van der Waals surface area contributed by atoms with Gasteiger partial charge in [-0.1, -0.05) is 25.8 Å². The highest BCUT2D eigenvalue weighted by molar-refractivity contribution is 5.43. The monoisotopic (exact) mass is 303 g/mol. The van der Waals surface area contributed by atoms with Crippen LogP contribution in [0.1, 0.15) is 62.6 Å². The zero-order valence-electron chi connectivity index (χ0n) is 13.6. The Labute approximate surface area is 132 Å². The van der Waals surface area contributed by atoms with E-state index in [2.05, 4.69) is 30.4 Å². The lowest BCUT2D eigenvalue weighted by molar-refractivity contribution is -0.233. The smallest absolute Gasteiger partial charge is 0.119 e. The Hall–Kier alpha value is -1.09. The molecule has 2 bridgehead atoms. The van der Waals surface area contributed by atoms with Crippen LogP contribution in [-0.4, -0.2) is 18.8 Å². The molecule has 3 fully saturated rings. The zero-order valence-corrected chi connectivity index (χ0v) is 13.6. The summed E-state index contributed by atoms with van der Waals surface area (Å²) >= 11 is 0. The van der Waals surface area contributed by atoms with Crippen molar-refractivity contribution < 1.29 is 9.13 Å². The maximum Gasteiger partial charge on any atom is 0.119 e. The highest BCUT2D eigenvalue weighted by Crippen LogP contribution is 2.74. The predicted molar refractivity (Wildman–Crippen MR) is 86.0 cm³/mol. The second-order valence-electron chi connectivity index (χ2n) is 7.75. The molecular formula is C19H26FNO. The van der Waals surface area contributed by atoms with Gasteiger partial charge in [-0.15, -0.1) is 0 Å². The van der Waals surface area contributed by atoms with Crippen molar-refractivity contribution in [2.45, 2.75) is 69.6 Å². The summed E-state index contributed by atoms with van der Waals surface area (Å²) in [5, 5.41) is 3.87. The average molecular weight is 303 g/mol. The fourth-order valence-corrected chi connectivity index (χ4v) is 5.00. The molecule has 0 saturated heterocycles. The zero-order chi connectivity index (χ0) is 15.4. The normalized spacial score (nSPS) is 38.7. The van der Waals surface area contributed by atoms with Crippen LogP contribution in [0.25, 0.3) is 0 Å². The Morgan fingerprint density at radius 2 is 2.09 bits per heavy atom. The van der Waals surface area contributed by atoms with E-state index in [1.54, 1.807) is 7.11 Å². The topological polar surface area (TPSA) is 21.3 Å². The number of nitrogens with one attached hydrogen (secondary N) is 1. The summed E-state index contributed by atoms with van der Waals surface area (Å²) < 4.78 is 19.4. The number of halogens is 1. The Kier molecular flexibility index (Phi) is 3.26. The van der Waals surface area contributed by atoms with Gasteiger partial charge >= 0.3 is 0 Å². The summed E-state index contributed by atoms with van der Waals surface area (Å²) in [5.41, 5.74) is 2.14. The van der Waals surface area contributed by atoms with E-state index in [-0.39, 0.29) is 5.41 Å². The third-order valence-electron chi connectivity index (χ3n) is 6.05. The fraction of sp³-hybridized carbons (Fsp3) is 0.684. The van der Waals surface area contributed by atoms with Crippen molar-refractivity contribution in [1.29, 1.82) is 0 Å². The van der Waals surface area contributed by atoms with Gasteiger partial charge < -0.3 is 10.1 Å². The molecule has 5 rings (SSSR count). The van der Waals surface area contributed by atoms with Crippen LogP contribution in [0.5, 0.6) is 5.75 Å². The van der Waals surface area contributed by atoms with Gasteiger partial charge in [0.1, 0.15) is 11.4 Å². The van der Waals surface area contributed by atoms with Crippen LogP contribution in [0, 0.1) is 5.41 Å². The van der Waals surface area contributed by atoms with Crippen molar-refractivity contribution in [2.24, 2.45) is 5.41 Å². The van der Waals surface area contributed by atoms with E-state index in [4.69, 9.17) is 4.74 Å². The average Bonchev–Trinajstić information content (AvgIpc) is 2.47. The summed E-state index contributed by atoms with van der Waals surface area (Å²) in [6.45, 7) is 2.24. The Balaban J connectivity index is 1.63. The van der Waals surface area contributed by atoms with Gasteiger partial charge in [0.2, 0.25) is 0 Å². The first-order chi connectivity index (χ1) is 10.6. The SMILES string of the molecule is CCCC[C@H]1Cc2cc(OC)ccc2[C@@H](C23CC(F)(C2)C3)N1. The molecule has 1 N–H and O–H groups in total. The van der Waals surface area contributed by atoms with Gasteiger partial charge in [0.15, 0.2) is 0 Å². The Morgan fingerprint density at radius 1 is 1.32 bits per heavy atom. The molecule has 22 heavy (non-hydrogen) atoms. The van der Waals surface area contributed by atoms with Crippen molar-refractivity contribution in [2.75, 3.05) is 7.11 Å². The van der Waals surface area contributed by atoms with E-state index >= 15 is 0 Å². The summed E-state index contributed by atoms with van der Waals surface area (Å²) in [6, 6.07) is 7.30. The van der Waals surface area contributed by atoms with E-state index < -0.39 is 5.67 Å². The van der Waals surface area contributed by atoms with Crippen molar-refractivity contribution >= 4 is 0 Å². The maximum atomic E-state index is 14.0. The molecule has 0 spiro atoms. The highest BCUT2D eigenvalue weighted by Gasteiger charge is 2.72. The molecule has 2 nitrogen and oxygen atoms in total. The van der Waals surface area contributed by atoms with Gasteiger partial charge in [0.05, 0.1) is 7.11 Å². The number of rotatable bonds is 5. The quantitative estimate of drug-likeness (QED) is 0.874. The molecule has 3 aliphatic carbocycles. The minimum absolute atomic E-state index is 0.184. The maximum absolute atomic E-state index is 14.0. The largest absolute Gasteiger partial charge is 0.497 e. The number of unbranched alkanes of at least 4 members (excludes halogenated alkanes) is 1. The number of hydrogen-bond acceptors (Lipinski definition) is 2. The predicted octanol–water partition coefficient (Wildman–Crippen LogP) is 4.33. The molecule has 3 saturated carbocycles. The Morgan fingerprint density at radius 3 is 2.73 bits per heavy atom. The van der Waals surface area contributed by atoms with Crippen molar-refractivity contribution in [3.05, 3.63) is 29.3 Å². The molecule has 2 atom stereocenters. The molecule has 0 amide bonds. The lowest BCUT2D eigenvalue weighted by Gasteiger charge is -2.69. The van der Waals surface area contributed by atoms with Crippen molar-refractivity contribution in [1.82, 2.24) is 5.32 Å². The molecule has 0 unspecified atom stereocenters. The summed E-state index contributed by atoms with van der Waals surface area (Å²) in [6.07, 6.45) is 7.02. The van der Waals surface area contributed by atoms with Gasteiger partial charge in [-0.25, -0.2) is 4.39 Å². The van der Waals surface area contributed by atoms with Gasteiger partial charge in [0, 0.05) is 12.1 Å². The lowest BCUT2D eigenvalue weighted by Crippen LogP contribution is -2.69. The Bertz CT molecular complexity index is 565. The van der Waals surface area contributed by atoms with Crippen LogP contribution in [0.15, 0.2) is 18.2 Å². The molecule has 0 radical (unpaired) electrons. The first-order valence-electron chi connectivity index (χ1n) is 8.69. The number of hydrogen-bond donors (Lipinski definition) is 1. The molecule has 1 aromatic rings. The summed E-state index contributed by atoms with van der Waals surface area (Å²) in [5.74, 6) is 0.938. The first-order valence-corrected chi connectivity index (χ1v) is 8.69. The van der Waals surface area contributed by atoms with E-state index in [0.29, 0.717) is 12.1 Å². The fourth-order valence-electron chi connectivity index (χ4n) is 5.00. The summed E-state index contributed by atoms with van der Waals surface area (Å²) in [4.78, 5) is 0. The van der Waals surface area contributed by atoms with E-state index in [0.717, 1.165) is 31.4 Å². The number of alkyl halides is 1. The van der Waals surface area contributed by atoms with Crippen LogP contribution in [0.2, 0.25) is 0 Å². The van der Waals surface area contributed by atoms with Gasteiger partial charge in [0.25, 0.3) is 0 Å². The molecule has 1 aromatic carbocycles. The molecule has 0 aromatic heterocycles. The van der Waals surface area contributed by atoms with Crippen LogP contribution in [0.3, 0.4) is 0 Å². The molecule has 1 heterocycles. The third kappa shape index (κ3) is 2.09. The second-order valence-corrected chi connectivity index (χ2v) is 7.75. The molecule has 3 heteroatoms. The minimum atomic E-state index is -0.829. The van der Waals surface area contributed by atoms with Crippen LogP contribution in [-0.2, 0) is 6.42 Å². The van der Waals surface area contributed by atoms with Gasteiger partial charge in [-0.2, -0.15) is 0 Å². The van der Waals surface area contributed by atoms with E-state index in [1.807, 2.05) is 0 Å². The van der Waals surface area contributed by atoms with Crippen LogP contribution in [0.4, 0.5) is 4.39 Å². The number of fused-ring (bicyclic) bond motifs is 1. The standard InChI is InChI=1S/C19H26FNO/c1-3-4-5-14-8-13-9-15(22-2)6-7-16(13)17(21-14)18-10-19(20,11-18)12-18/h6-7,9,14,17,21H,3-5,8,10-12H2,1-2H3/t14-,17-,18?,19?/m0/s1. The molecule has 1 aliphatic heterocycles. The molecule has 120 valence electrons. The minimum Gasteiger partial charge on any atom is -0.497 e. The number of benzene rings is 1. The van der Waals surface area contributed by atoms with Crippen molar-refractivity contribution in [3.63, 3.8) is 0 Å². The third-order valence-corrected chi connectivity index (χ3v) is 6.05. The first kappa shape index (κ1) is 14.5. The summed E-state index contributed by atoms with van der Waals surface area (Å²) in [7, 11) is 1.73. The number of methoxy groups -OCH3 is 1. The highest BCUT2D eigenvalue weighted by atomic mass is 19.1. The molecular weight excluding hydrogens is 277 g/mol. The van der Waals surface area contributed by atoms with E-state index in [9.17, 15) is 4.39 Å². The molecule has 4 aliphatic rings. The van der Waals surface area contributed by atoms with E-state index in [1.165, 1.54) is 30.4 Å². The van der Waals surface area contributed by atoms with Gasteiger partial charge in [-0.3, -0.25) is 0 Å². The number of ether oxygens (including phenoxy) is 1. The second kappa shape index (κ2) is 4.95. The van der Waals surface area contributed by atoms with Crippen LogP contribution < -0.4 is 10.1 Å².